The highest BCUT2D eigenvalue weighted by Crippen LogP contribution is 2.52. The van der Waals surface area contributed by atoms with Crippen LogP contribution < -0.4 is 19.9 Å². The largest absolute Gasteiger partial charge is 0.497 e. The average molecular weight is 896 g/mol. The zero-order valence-corrected chi connectivity index (χ0v) is 39.5. The lowest BCUT2D eigenvalue weighted by atomic mass is 9.77. The highest BCUT2D eigenvalue weighted by Gasteiger charge is 2.49. The third kappa shape index (κ3) is 8.77. The molecule has 3 heterocycles. The summed E-state index contributed by atoms with van der Waals surface area (Å²) in [6, 6.07) is 47.0. The van der Waals surface area contributed by atoms with Crippen LogP contribution in [0.3, 0.4) is 0 Å². The number of rotatable bonds is 18. The number of imidazole rings is 1. The van der Waals surface area contributed by atoms with Gasteiger partial charge in [-0.25, -0.2) is 19.5 Å². The number of methoxy groups -OCH3 is 1. The quantitative estimate of drug-likeness (QED) is 0.0506. The maximum absolute atomic E-state index is 15.2. The Bertz CT molecular complexity index is 2570. The second-order valence-corrected chi connectivity index (χ2v) is 24.6. The number of benzene rings is 5. The lowest BCUT2D eigenvalue weighted by Gasteiger charge is -2.43. The number of hydrogen-bond donors (Lipinski definition) is 1. The van der Waals surface area contributed by atoms with Crippen LogP contribution in [-0.2, 0) is 23.8 Å². The zero-order valence-electron chi connectivity index (χ0n) is 37.6. The number of ether oxygens (including phenoxy) is 2. The van der Waals surface area contributed by atoms with Crippen molar-refractivity contribution in [2.75, 3.05) is 19.0 Å². The molecule has 0 radical (unpaired) electrons. The van der Waals surface area contributed by atoms with Crippen molar-refractivity contribution in [3.8, 4) is 11.5 Å². The maximum Gasteiger partial charge on any atom is 0.411 e. The van der Waals surface area contributed by atoms with Crippen LogP contribution in [-0.4, -0.2) is 53.8 Å². The van der Waals surface area contributed by atoms with Crippen LogP contribution in [0.15, 0.2) is 158 Å². The van der Waals surface area contributed by atoms with Gasteiger partial charge in [-0.3, -0.25) is 9.09 Å². The van der Waals surface area contributed by atoms with E-state index in [-0.39, 0.29) is 6.61 Å². The number of anilines is 1. The zero-order chi connectivity index (χ0) is 44.9. The second kappa shape index (κ2) is 19.2. The molecule has 8 rings (SSSR count). The minimum Gasteiger partial charge on any atom is -0.497 e. The molecule has 0 bridgehead atoms. The molecule has 11 nitrogen and oxygen atoms in total. The predicted molar refractivity (Wildman–Crippen MR) is 256 cm³/mol. The van der Waals surface area contributed by atoms with Crippen LogP contribution in [0, 0.1) is 0 Å². The molecule has 0 amide bonds. The van der Waals surface area contributed by atoms with Crippen LogP contribution in [0.4, 0.5) is 5.82 Å². The van der Waals surface area contributed by atoms with E-state index in [0.29, 0.717) is 51.1 Å². The van der Waals surface area contributed by atoms with E-state index < -0.39 is 39.9 Å². The van der Waals surface area contributed by atoms with E-state index in [1.165, 1.54) is 0 Å². The van der Waals surface area contributed by atoms with Crippen molar-refractivity contribution in [1.29, 1.82) is 0 Å². The van der Waals surface area contributed by atoms with Crippen molar-refractivity contribution in [2.45, 2.75) is 88.6 Å². The standard InChI is InChI=1S/C51H58N5O6PSi/c1-36(2)64(37(3)4,38(5)6)59-33-46-45(62-63(57,44-26-18-11-19-27-44)61-43-24-16-10-17-25-43)32-47(60-46)56-35-54-48-49(52-34-53-50(48)56)55-51(39-20-12-8-13-21-39,40-22-14-9-15-23-40)41-28-30-42(58-7)31-29-41/h8-31,34-38,45-47H,32-33H2,1-7H3,(H,52,53,55)/t45-,46+,47+,63?/m0/s1. The Morgan fingerprint density at radius 1 is 0.719 bits per heavy atom. The lowest BCUT2D eigenvalue weighted by molar-refractivity contribution is -0.0378. The molecule has 1 aliphatic heterocycles. The first-order valence-electron chi connectivity index (χ1n) is 22.1. The summed E-state index contributed by atoms with van der Waals surface area (Å²) < 4.78 is 50.0. The topological polar surface area (TPSA) is 119 Å². The molecule has 1 N–H and O–H groups in total. The average Bonchev–Trinajstić information content (AvgIpc) is 3.93. The van der Waals surface area contributed by atoms with Gasteiger partial charge in [0, 0.05) is 6.42 Å². The molecule has 1 unspecified atom stereocenters. The van der Waals surface area contributed by atoms with Gasteiger partial charge < -0.3 is 23.7 Å². The van der Waals surface area contributed by atoms with Gasteiger partial charge in [-0.15, -0.1) is 0 Å². The first-order chi connectivity index (χ1) is 31.0. The van der Waals surface area contributed by atoms with Gasteiger partial charge in [-0.05, 0) is 69.7 Å². The monoisotopic (exact) mass is 895 g/mol. The van der Waals surface area contributed by atoms with Gasteiger partial charge in [-0.1, -0.05) is 151 Å². The van der Waals surface area contributed by atoms with Crippen molar-refractivity contribution in [2.24, 2.45) is 0 Å². The molecule has 7 aromatic rings. The maximum atomic E-state index is 15.2. The third-order valence-electron chi connectivity index (χ3n) is 12.6. The summed E-state index contributed by atoms with van der Waals surface area (Å²) in [5, 5.41) is 4.33. The summed E-state index contributed by atoms with van der Waals surface area (Å²) >= 11 is 0. The molecule has 1 fully saturated rings. The smallest absolute Gasteiger partial charge is 0.411 e. The van der Waals surface area contributed by atoms with Crippen molar-refractivity contribution in [3.05, 3.63) is 175 Å². The number of nitrogens with one attached hydrogen (secondary N) is 1. The number of aromatic nitrogens is 4. The Labute approximate surface area is 377 Å². The summed E-state index contributed by atoms with van der Waals surface area (Å²) in [4.78, 5) is 14.6. The summed E-state index contributed by atoms with van der Waals surface area (Å²) in [5.74, 6) is 1.73. The Kier molecular flexibility index (Phi) is 13.5. The normalized spacial score (nSPS) is 17.8. The highest BCUT2D eigenvalue weighted by atomic mass is 31.2. The molecule has 64 heavy (non-hydrogen) atoms. The summed E-state index contributed by atoms with van der Waals surface area (Å²) in [6.45, 7) is 13.8. The Morgan fingerprint density at radius 2 is 1.27 bits per heavy atom. The van der Waals surface area contributed by atoms with E-state index in [1.807, 2.05) is 89.5 Å². The molecular formula is C51H58N5O6PSi. The predicted octanol–water partition coefficient (Wildman–Crippen LogP) is 11.7. The molecule has 5 aromatic carbocycles. The lowest BCUT2D eigenvalue weighted by Crippen LogP contribution is -2.50. The van der Waals surface area contributed by atoms with Gasteiger partial charge in [0.25, 0.3) is 0 Å². The van der Waals surface area contributed by atoms with Gasteiger partial charge >= 0.3 is 7.60 Å². The minimum atomic E-state index is -3.97. The molecule has 332 valence electrons. The Balaban J connectivity index is 1.19. The Hall–Kier alpha value is -5.62. The summed E-state index contributed by atoms with van der Waals surface area (Å²) in [6.07, 6.45) is 1.73. The van der Waals surface area contributed by atoms with Crippen molar-refractivity contribution >= 4 is 38.2 Å². The minimum absolute atomic E-state index is 0.259. The molecular weight excluding hydrogens is 838 g/mol. The molecule has 0 spiro atoms. The van der Waals surface area contributed by atoms with Crippen LogP contribution >= 0.6 is 7.60 Å². The number of nitrogens with zero attached hydrogens (tertiary/aromatic N) is 4. The number of fused-ring (bicyclic) bond motifs is 1. The van der Waals surface area contributed by atoms with Crippen LogP contribution in [0.2, 0.25) is 16.6 Å². The molecule has 4 atom stereocenters. The van der Waals surface area contributed by atoms with E-state index in [4.69, 9.17) is 37.9 Å². The van der Waals surface area contributed by atoms with Gasteiger partial charge in [0.1, 0.15) is 41.8 Å². The van der Waals surface area contributed by atoms with E-state index >= 15 is 4.57 Å². The number of hydrogen-bond acceptors (Lipinski definition) is 10. The molecule has 2 aromatic heterocycles. The van der Waals surface area contributed by atoms with Crippen LogP contribution in [0.1, 0.15) is 70.9 Å². The van der Waals surface area contributed by atoms with Crippen LogP contribution in [0.25, 0.3) is 11.2 Å². The van der Waals surface area contributed by atoms with Crippen molar-refractivity contribution in [3.63, 3.8) is 0 Å². The van der Waals surface area contributed by atoms with E-state index in [0.717, 1.165) is 22.4 Å². The third-order valence-corrected chi connectivity index (χ3v) is 20.6. The fourth-order valence-electron chi connectivity index (χ4n) is 9.67. The van der Waals surface area contributed by atoms with Crippen molar-refractivity contribution < 1.29 is 27.5 Å². The van der Waals surface area contributed by atoms with Gasteiger partial charge in [-0.2, -0.15) is 0 Å². The molecule has 1 aliphatic rings. The van der Waals surface area contributed by atoms with Gasteiger partial charge in [0.05, 0.1) is 25.3 Å². The van der Waals surface area contributed by atoms with E-state index in [1.54, 1.807) is 44.0 Å². The van der Waals surface area contributed by atoms with Crippen molar-refractivity contribution in [1.82, 2.24) is 19.5 Å². The summed E-state index contributed by atoms with van der Waals surface area (Å²) in [7, 11) is -4.66. The molecule has 0 aliphatic carbocycles. The first-order valence-corrected chi connectivity index (χ1v) is 25.8. The molecule has 13 heteroatoms. The Morgan fingerprint density at radius 3 is 1.83 bits per heavy atom. The van der Waals surface area contributed by atoms with E-state index in [2.05, 4.69) is 83.3 Å². The molecule has 1 saturated heterocycles. The van der Waals surface area contributed by atoms with Crippen LogP contribution in [0.5, 0.6) is 11.5 Å². The number of para-hydroxylation sites is 1. The highest BCUT2D eigenvalue weighted by molar-refractivity contribution is 7.62. The fraction of sp³-hybridized carbons (Fsp3) is 0.314. The molecule has 0 saturated carbocycles. The van der Waals surface area contributed by atoms with Gasteiger partial charge in [0.2, 0.25) is 0 Å². The van der Waals surface area contributed by atoms with Gasteiger partial charge in [0.15, 0.2) is 25.3 Å². The SMILES string of the molecule is COc1ccc(C(Nc2ncnc3c2ncn3[C@H]2C[C@H](OP(=O)(Oc3ccccc3)c3ccccc3)[C@@H](CO[Si](C(C)C)(C(C)C)C(C)C)O2)(c2ccccc2)c2ccccc2)cc1. The summed E-state index contributed by atoms with van der Waals surface area (Å²) in [5.41, 5.74) is 4.24. The second-order valence-electron chi connectivity index (χ2n) is 17.3. The fourth-order valence-corrected chi connectivity index (χ4v) is 16.9. The van der Waals surface area contributed by atoms with E-state index in [9.17, 15) is 0 Å². The first kappa shape index (κ1) is 45.0.